The number of hydrogen-bond acceptors (Lipinski definition) is 7. The van der Waals surface area contributed by atoms with Gasteiger partial charge in [0.15, 0.2) is 5.82 Å². The largest absolute Gasteiger partial charge is 0.460 e. The number of nitrogens with zero attached hydrogens (tertiary/aromatic N) is 5. The Hall–Kier alpha value is -3.55. The lowest BCUT2D eigenvalue weighted by atomic mass is 10.1. The quantitative estimate of drug-likeness (QED) is 0.530. The summed E-state index contributed by atoms with van der Waals surface area (Å²) in [6.07, 6.45) is 9.07. The summed E-state index contributed by atoms with van der Waals surface area (Å²) >= 11 is 0. The summed E-state index contributed by atoms with van der Waals surface area (Å²) in [5.41, 5.74) is 3.58. The van der Waals surface area contributed by atoms with Gasteiger partial charge in [-0.3, -0.25) is 0 Å². The Morgan fingerprint density at radius 3 is 2.70 bits per heavy atom. The molecule has 27 heavy (non-hydrogen) atoms. The zero-order valence-corrected chi connectivity index (χ0v) is 15.3. The molecule has 0 bridgehead atoms. The number of benzene rings is 1. The maximum atomic E-state index is 11.6. The van der Waals surface area contributed by atoms with Gasteiger partial charge in [0.1, 0.15) is 12.7 Å². The molecule has 3 rings (SSSR count). The second-order valence-corrected chi connectivity index (χ2v) is 6.19. The monoisotopic (exact) mass is 364 g/mol. The molecule has 0 atom stereocenters. The number of rotatable bonds is 6. The molecule has 1 N–H and O–H groups in total. The van der Waals surface area contributed by atoms with E-state index in [-0.39, 0.29) is 6.10 Å². The fourth-order valence-corrected chi connectivity index (χ4v) is 2.40. The summed E-state index contributed by atoms with van der Waals surface area (Å²) in [6, 6.07) is 5.94. The lowest BCUT2D eigenvalue weighted by Crippen LogP contribution is -2.08. The first-order valence-corrected chi connectivity index (χ1v) is 8.43. The van der Waals surface area contributed by atoms with E-state index in [1.54, 1.807) is 26.2 Å². The second-order valence-electron chi connectivity index (χ2n) is 6.19. The van der Waals surface area contributed by atoms with Gasteiger partial charge in [-0.15, -0.1) is 5.10 Å². The lowest BCUT2D eigenvalue weighted by Gasteiger charge is -2.08. The Balaban J connectivity index is 1.78. The van der Waals surface area contributed by atoms with E-state index in [2.05, 4.69) is 25.4 Å². The normalized spacial score (nSPS) is 11.1. The van der Waals surface area contributed by atoms with Crippen LogP contribution in [0.5, 0.6) is 0 Å². The predicted octanol–water partition coefficient (Wildman–Crippen LogP) is 3.21. The van der Waals surface area contributed by atoms with Gasteiger partial charge >= 0.3 is 5.97 Å². The third-order valence-corrected chi connectivity index (χ3v) is 3.41. The van der Waals surface area contributed by atoms with Crippen molar-refractivity contribution in [3.05, 3.63) is 54.9 Å². The third-order valence-electron chi connectivity index (χ3n) is 3.41. The van der Waals surface area contributed by atoms with Crippen molar-refractivity contribution in [3.63, 3.8) is 0 Å². The molecule has 0 aliphatic carbocycles. The maximum Gasteiger partial charge on any atom is 0.332 e. The number of carbonyl (C=O) groups is 1. The molecule has 2 aromatic heterocycles. The fourth-order valence-electron chi connectivity index (χ4n) is 2.40. The van der Waals surface area contributed by atoms with Crippen LogP contribution < -0.4 is 5.32 Å². The topological polar surface area (TPSA) is 94.8 Å². The molecule has 0 aliphatic rings. The van der Waals surface area contributed by atoms with E-state index in [1.165, 1.54) is 29.6 Å². The van der Waals surface area contributed by atoms with Crippen molar-refractivity contribution in [2.75, 3.05) is 5.32 Å². The Labute approximate surface area is 157 Å². The standard InChI is InChI=1S/C19H20N6O2/c1-13(2)27-18(26)4-5-25-12-22-19(24-25)15-6-14(3)7-16(8-15)23-17-9-20-11-21-10-17/h4-13,23H,1-3H3/b5-4-. The molecular weight excluding hydrogens is 344 g/mol. The zero-order chi connectivity index (χ0) is 19.2. The first kappa shape index (κ1) is 18.2. The van der Waals surface area contributed by atoms with E-state index in [4.69, 9.17) is 4.74 Å². The number of anilines is 2. The van der Waals surface area contributed by atoms with Crippen LogP contribution in [0.2, 0.25) is 0 Å². The molecule has 0 fully saturated rings. The van der Waals surface area contributed by atoms with Crippen molar-refractivity contribution in [2.45, 2.75) is 26.9 Å². The summed E-state index contributed by atoms with van der Waals surface area (Å²) in [5, 5.41) is 7.64. The van der Waals surface area contributed by atoms with E-state index in [0.717, 1.165) is 22.5 Å². The molecule has 1 aromatic carbocycles. The first-order chi connectivity index (χ1) is 13.0. The molecular formula is C19H20N6O2. The molecule has 0 spiro atoms. The van der Waals surface area contributed by atoms with Crippen LogP contribution in [0.15, 0.2) is 49.3 Å². The number of nitrogens with one attached hydrogen (secondary N) is 1. The molecule has 0 unspecified atom stereocenters. The van der Waals surface area contributed by atoms with Crippen LogP contribution >= 0.6 is 0 Å². The van der Waals surface area contributed by atoms with Gasteiger partial charge in [0, 0.05) is 23.5 Å². The van der Waals surface area contributed by atoms with Crippen LogP contribution in [0.3, 0.4) is 0 Å². The van der Waals surface area contributed by atoms with Gasteiger partial charge in [-0.2, -0.15) is 0 Å². The van der Waals surface area contributed by atoms with E-state index in [1.807, 2.05) is 25.1 Å². The molecule has 0 saturated heterocycles. The van der Waals surface area contributed by atoms with Gasteiger partial charge < -0.3 is 10.1 Å². The third kappa shape index (κ3) is 5.21. The number of esters is 1. The molecule has 0 saturated carbocycles. The van der Waals surface area contributed by atoms with Crippen molar-refractivity contribution in [2.24, 2.45) is 0 Å². The second kappa shape index (κ2) is 8.22. The SMILES string of the molecule is Cc1cc(Nc2cncnc2)cc(-c2ncn(/C=C\C(=O)OC(C)C)n2)c1. The van der Waals surface area contributed by atoms with Crippen molar-refractivity contribution < 1.29 is 9.53 Å². The molecule has 2 heterocycles. The summed E-state index contributed by atoms with van der Waals surface area (Å²) in [4.78, 5) is 23.9. The Morgan fingerprint density at radius 1 is 1.19 bits per heavy atom. The zero-order valence-electron chi connectivity index (χ0n) is 15.3. The smallest absolute Gasteiger partial charge is 0.332 e. The Kier molecular flexibility index (Phi) is 5.55. The molecule has 0 radical (unpaired) electrons. The number of ether oxygens (including phenoxy) is 1. The van der Waals surface area contributed by atoms with E-state index in [9.17, 15) is 4.79 Å². The molecule has 8 heteroatoms. The van der Waals surface area contributed by atoms with Crippen LogP contribution in [0, 0.1) is 6.92 Å². The van der Waals surface area contributed by atoms with Gasteiger partial charge in [-0.1, -0.05) is 0 Å². The van der Waals surface area contributed by atoms with Crippen LogP contribution in [0.4, 0.5) is 11.4 Å². The maximum absolute atomic E-state index is 11.6. The predicted molar refractivity (Wildman–Crippen MR) is 102 cm³/mol. The van der Waals surface area contributed by atoms with Crippen LogP contribution in [-0.2, 0) is 9.53 Å². The molecule has 0 amide bonds. The average molecular weight is 364 g/mol. The minimum Gasteiger partial charge on any atom is -0.460 e. The van der Waals surface area contributed by atoms with Gasteiger partial charge in [-0.25, -0.2) is 24.4 Å². The number of carbonyl (C=O) groups excluding carboxylic acids is 1. The Bertz CT molecular complexity index is 950. The van der Waals surface area contributed by atoms with Gasteiger partial charge in [0.2, 0.25) is 0 Å². The minimum absolute atomic E-state index is 0.165. The lowest BCUT2D eigenvalue weighted by molar-refractivity contribution is -0.141. The molecule has 8 nitrogen and oxygen atoms in total. The molecule has 138 valence electrons. The highest BCUT2D eigenvalue weighted by atomic mass is 16.5. The minimum atomic E-state index is -0.422. The molecule has 3 aromatic rings. The van der Waals surface area contributed by atoms with Crippen LogP contribution in [0.25, 0.3) is 17.6 Å². The van der Waals surface area contributed by atoms with Gasteiger partial charge in [0.25, 0.3) is 0 Å². The fraction of sp³-hybridized carbons (Fsp3) is 0.211. The van der Waals surface area contributed by atoms with Crippen LogP contribution in [-0.4, -0.2) is 36.8 Å². The highest BCUT2D eigenvalue weighted by Gasteiger charge is 2.07. The number of aromatic nitrogens is 5. The van der Waals surface area contributed by atoms with Crippen molar-refractivity contribution in [3.8, 4) is 11.4 Å². The number of hydrogen-bond donors (Lipinski definition) is 1. The van der Waals surface area contributed by atoms with E-state index < -0.39 is 5.97 Å². The average Bonchev–Trinajstić information content (AvgIpc) is 3.09. The van der Waals surface area contributed by atoms with Gasteiger partial charge in [-0.05, 0) is 44.5 Å². The van der Waals surface area contributed by atoms with Crippen molar-refractivity contribution in [1.82, 2.24) is 24.7 Å². The summed E-state index contributed by atoms with van der Waals surface area (Å²) < 4.78 is 6.52. The van der Waals surface area contributed by atoms with Crippen LogP contribution in [0.1, 0.15) is 19.4 Å². The summed E-state index contributed by atoms with van der Waals surface area (Å²) in [5.74, 6) is 0.127. The Morgan fingerprint density at radius 2 is 1.96 bits per heavy atom. The van der Waals surface area contributed by atoms with E-state index >= 15 is 0 Å². The number of aryl methyl sites for hydroxylation is 1. The van der Waals surface area contributed by atoms with Gasteiger partial charge in [0.05, 0.1) is 24.2 Å². The first-order valence-electron chi connectivity index (χ1n) is 8.43. The summed E-state index contributed by atoms with van der Waals surface area (Å²) in [7, 11) is 0. The van der Waals surface area contributed by atoms with Crippen molar-refractivity contribution >= 4 is 23.5 Å². The van der Waals surface area contributed by atoms with Crippen molar-refractivity contribution in [1.29, 1.82) is 0 Å². The van der Waals surface area contributed by atoms with E-state index in [0.29, 0.717) is 5.82 Å². The highest BCUT2D eigenvalue weighted by molar-refractivity contribution is 5.85. The highest BCUT2D eigenvalue weighted by Crippen LogP contribution is 2.24. The summed E-state index contributed by atoms with van der Waals surface area (Å²) in [6.45, 7) is 5.59. The molecule has 0 aliphatic heterocycles.